The molecule has 6 heteroatoms. The predicted octanol–water partition coefficient (Wildman–Crippen LogP) is 2.04. The number of sulfonamides is 1. The lowest BCUT2D eigenvalue weighted by atomic mass is 9.75. The van der Waals surface area contributed by atoms with E-state index in [4.69, 9.17) is 0 Å². The number of rotatable bonds is 3. The number of benzene rings is 1. The summed E-state index contributed by atoms with van der Waals surface area (Å²) in [5.74, 6) is 0.521. The fourth-order valence-electron chi connectivity index (χ4n) is 4.85. The molecule has 3 atom stereocenters. The van der Waals surface area contributed by atoms with Gasteiger partial charge in [-0.05, 0) is 56.5 Å². The average Bonchev–Trinajstić information content (AvgIpc) is 3.00. The first kappa shape index (κ1) is 15.5. The van der Waals surface area contributed by atoms with E-state index in [0.29, 0.717) is 12.5 Å². The lowest BCUT2D eigenvalue weighted by molar-refractivity contribution is 0.0123. The Morgan fingerprint density at radius 2 is 1.78 bits per heavy atom. The first-order chi connectivity index (χ1) is 11.0. The molecule has 4 saturated heterocycles. The Balaban J connectivity index is 1.75. The SMILES string of the molecule is CCS(=O)(=O)N1C[C@@H](c2ccc(F)cc2)[C@@H]2[C@H]1C1CCN2CC1. The van der Waals surface area contributed by atoms with Gasteiger partial charge in [0.2, 0.25) is 10.0 Å². The number of halogens is 1. The molecule has 0 amide bonds. The van der Waals surface area contributed by atoms with Gasteiger partial charge in [-0.25, -0.2) is 12.8 Å². The zero-order valence-electron chi connectivity index (χ0n) is 13.4. The molecule has 5 rings (SSSR count). The Morgan fingerprint density at radius 3 is 2.39 bits per heavy atom. The van der Waals surface area contributed by atoms with Crippen LogP contribution in [0.25, 0.3) is 0 Å². The van der Waals surface area contributed by atoms with Gasteiger partial charge in [0.25, 0.3) is 0 Å². The van der Waals surface area contributed by atoms with Crippen LogP contribution < -0.4 is 0 Å². The monoisotopic (exact) mass is 338 g/mol. The molecule has 4 nitrogen and oxygen atoms in total. The van der Waals surface area contributed by atoms with Crippen molar-refractivity contribution >= 4 is 10.0 Å². The molecule has 4 aliphatic rings. The van der Waals surface area contributed by atoms with E-state index in [0.717, 1.165) is 31.5 Å². The van der Waals surface area contributed by atoms with E-state index in [2.05, 4.69) is 4.90 Å². The summed E-state index contributed by atoms with van der Waals surface area (Å²) in [4.78, 5) is 2.46. The van der Waals surface area contributed by atoms with Crippen molar-refractivity contribution in [2.24, 2.45) is 5.92 Å². The highest BCUT2D eigenvalue weighted by molar-refractivity contribution is 7.89. The summed E-state index contributed by atoms with van der Waals surface area (Å²) in [6.07, 6.45) is 2.18. The molecule has 1 aromatic rings. The van der Waals surface area contributed by atoms with E-state index >= 15 is 0 Å². The summed E-state index contributed by atoms with van der Waals surface area (Å²) >= 11 is 0. The van der Waals surface area contributed by atoms with Gasteiger partial charge in [0, 0.05) is 24.5 Å². The number of hydrogen-bond acceptors (Lipinski definition) is 3. The van der Waals surface area contributed by atoms with Gasteiger partial charge < -0.3 is 0 Å². The summed E-state index contributed by atoms with van der Waals surface area (Å²) in [6.45, 7) is 4.37. The van der Waals surface area contributed by atoms with Crippen molar-refractivity contribution in [2.45, 2.75) is 37.8 Å². The molecular formula is C17H23FN2O2S. The Morgan fingerprint density at radius 1 is 1.13 bits per heavy atom. The summed E-state index contributed by atoms with van der Waals surface area (Å²) in [5.41, 5.74) is 1.06. The molecule has 0 saturated carbocycles. The van der Waals surface area contributed by atoms with Crippen molar-refractivity contribution in [3.05, 3.63) is 35.6 Å². The van der Waals surface area contributed by atoms with Gasteiger partial charge in [-0.1, -0.05) is 12.1 Å². The minimum atomic E-state index is -3.21. The molecule has 1 aromatic carbocycles. The summed E-state index contributed by atoms with van der Waals surface area (Å²) in [7, 11) is -3.21. The minimum absolute atomic E-state index is 0.0949. The van der Waals surface area contributed by atoms with Crippen LogP contribution in [-0.2, 0) is 10.0 Å². The Labute approximate surface area is 137 Å². The molecule has 0 unspecified atom stereocenters. The van der Waals surface area contributed by atoms with Crippen LogP contribution in [0.2, 0.25) is 0 Å². The lowest BCUT2D eigenvalue weighted by Crippen LogP contribution is -2.60. The number of nitrogens with zero attached hydrogens (tertiary/aromatic N) is 2. The van der Waals surface area contributed by atoms with Crippen LogP contribution in [0.1, 0.15) is 31.2 Å². The minimum Gasteiger partial charge on any atom is -0.298 e. The second-order valence-electron chi connectivity index (χ2n) is 6.98. The van der Waals surface area contributed by atoms with Gasteiger partial charge in [-0.3, -0.25) is 4.90 Å². The molecule has 2 bridgehead atoms. The average molecular weight is 338 g/mol. The molecule has 0 spiro atoms. The second kappa shape index (κ2) is 5.53. The van der Waals surface area contributed by atoms with Crippen LogP contribution in [0.4, 0.5) is 4.39 Å². The largest absolute Gasteiger partial charge is 0.298 e. The van der Waals surface area contributed by atoms with Crippen molar-refractivity contribution in [2.75, 3.05) is 25.4 Å². The van der Waals surface area contributed by atoms with Crippen LogP contribution >= 0.6 is 0 Å². The highest BCUT2D eigenvalue weighted by Crippen LogP contribution is 2.47. The van der Waals surface area contributed by atoms with E-state index in [9.17, 15) is 12.8 Å². The number of fused-ring (bicyclic) bond motifs is 2. The second-order valence-corrected chi connectivity index (χ2v) is 9.19. The van der Waals surface area contributed by atoms with E-state index in [1.54, 1.807) is 11.2 Å². The van der Waals surface area contributed by atoms with Gasteiger partial charge in [0.15, 0.2) is 0 Å². The van der Waals surface area contributed by atoms with Gasteiger partial charge in [0.1, 0.15) is 5.82 Å². The zero-order chi connectivity index (χ0) is 16.2. The van der Waals surface area contributed by atoms with Crippen molar-refractivity contribution in [1.82, 2.24) is 9.21 Å². The highest BCUT2D eigenvalue weighted by Gasteiger charge is 2.56. The Hall–Kier alpha value is -0.980. The van der Waals surface area contributed by atoms with E-state index < -0.39 is 10.0 Å². The molecule has 4 fully saturated rings. The third-order valence-electron chi connectivity index (χ3n) is 5.97. The zero-order valence-corrected chi connectivity index (χ0v) is 14.2. The maximum atomic E-state index is 13.3. The molecule has 0 aromatic heterocycles. The maximum absolute atomic E-state index is 13.3. The van der Waals surface area contributed by atoms with Crippen LogP contribution in [-0.4, -0.2) is 55.1 Å². The summed E-state index contributed by atoms with van der Waals surface area (Å²) in [6, 6.07) is 6.95. The van der Waals surface area contributed by atoms with Gasteiger partial charge in [0.05, 0.1) is 5.75 Å². The standard InChI is InChI=1S/C17H23FN2O2S/c1-2-23(21,22)20-11-15(12-3-5-14(18)6-4-12)17-16(20)13-7-9-19(17)10-8-13/h3-6,13,15-17H,2,7-11H2,1H3/t15-,16+,17+/m0/s1. The molecule has 4 heterocycles. The van der Waals surface area contributed by atoms with Crippen LogP contribution in [0.15, 0.2) is 24.3 Å². The Kier molecular flexibility index (Phi) is 3.74. The maximum Gasteiger partial charge on any atom is 0.214 e. The summed E-state index contributed by atoms with van der Waals surface area (Å²) < 4.78 is 40.2. The molecular weight excluding hydrogens is 315 g/mol. The van der Waals surface area contributed by atoms with Crippen molar-refractivity contribution in [1.29, 1.82) is 0 Å². The molecule has 0 aliphatic carbocycles. The first-order valence-electron chi connectivity index (χ1n) is 8.50. The predicted molar refractivity (Wildman–Crippen MR) is 87.2 cm³/mol. The first-order valence-corrected chi connectivity index (χ1v) is 10.1. The van der Waals surface area contributed by atoms with E-state index in [1.807, 2.05) is 12.1 Å². The van der Waals surface area contributed by atoms with E-state index in [-0.39, 0.29) is 29.6 Å². The van der Waals surface area contributed by atoms with Crippen molar-refractivity contribution in [3.8, 4) is 0 Å². The number of piperidine rings is 3. The third kappa shape index (κ3) is 2.42. The lowest BCUT2D eigenvalue weighted by Gasteiger charge is -2.51. The van der Waals surface area contributed by atoms with Crippen LogP contribution in [0, 0.1) is 11.7 Å². The van der Waals surface area contributed by atoms with Crippen molar-refractivity contribution in [3.63, 3.8) is 0 Å². The third-order valence-corrected chi connectivity index (χ3v) is 7.81. The molecule has 4 aliphatic heterocycles. The molecule has 0 N–H and O–H groups in total. The topological polar surface area (TPSA) is 40.6 Å². The molecule has 126 valence electrons. The fraction of sp³-hybridized carbons (Fsp3) is 0.647. The van der Waals surface area contributed by atoms with Gasteiger partial charge in [-0.15, -0.1) is 0 Å². The van der Waals surface area contributed by atoms with Crippen molar-refractivity contribution < 1.29 is 12.8 Å². The van der Waals surface area contributed by atoms with E-state index in [1.165, 1.54) is 12.1 Å². The van der Waals surface area contributed by atoms with Crippen LogP contribution in [0.3, 0.4) is 0 Å². The normalized spacial score (nSPS) is 37.0. The molecule has 23 heavy (non-hydrogen) atoms. The van der Waals surface area contributed by atoms with Gasteiger partial charge >= 0.3 is 0 Å². The quantitative estimate of drug-likeness (QED) is 0.847. The number of hydrogen-bond donors (Lipinski definition) is 0. The molecule has 0 radical (unpaired) electrons. The van der Waals surface area contributed by atoms with Crippen LogP contribution in [0.5, 0.6) is 0 Å². The fourth-order valence-corrected chi connectivity index (χ4v) is 6.24. The Bertz CT molecular complexity index is 683. The smallest absolute Gasteiger partial charge is 0.214 e. The summed E-state index contributed by atoms with van der Waals surface area (Å²) in [5, 5.41) is 0. The van der Waals surface area contributed by atoms with Gasteiger partial charge in [-0.2, -0.15) is 4.31 Å². The highest BCUT2D eigenvalue weighted by atomic mass is 32.2.